The van der Waals surface area contributed by atoms with Gasteiger partial charge in [-0.25, -0.2) is 9.38 Å². The number of benzene rings is 2. The Balaban J connectivity index is 1.58. The Kier molecular flexibility index (Phi) is 5.26. The highest BCUT2D eigenvalue weighted by molar-refractivity contribution is 6.11. The largest absolute Gasteiger partial charge is 0.326 e. The van der Waals surface area contributed by atoms with Crippen molar-refractivity contribution < 1.29 is 14.0 Å². The summed E-state index contributed by atoms with van der Waals surface area (Å²) in [4.78, 5) is 28.3. The Bertz CT molecular complexity index is 832. The van der Waals surface area contributed by atoms with E-state index in [4.69, 9.17) is 0 Å². The predicted molar refractivity (Wildman–Crippen MR) is 98.5 cm³/mol. The van der Waals surface area contributed by atoms with Crippen LogP contribution in [-0.2, 0) is 16.0 Å². The molecule has 0 saturated carbocycles. The van der Waals surface area contributed by atoms with Gasteiger partial charge in [0.1, 0.15) is 11.9 Å². The first-order valence-corrected chi connectivity index (χ1v) is 8.33. The number of carbonyl (C=O) groups is 2. The average Bonchev–Trinajstić information content (AvgIpc) is 2.96. The van der Waals surface area contributed by atoms with Crippen LogP contribution < -0.4 is 16.0 Å². The van der Waals surface area contributed by atoms with E-state index in [-0.39, 0.29) is 24.1 Å². The maximum atomic E-state index is 12.9. The number of rotatable bonds is 5. The van der Waals surface area contributed by atoms with E-state index in [0.29, 0.717) is 11.6 Å². The van der Waals surface area contributed by atoms with E-state index in [9.17, 15) is 14.0 Å². The minimum absolute atomic E-state index is 0.0941. The molecule has 0 aliphatic carbocycles. The summed E-state index contributed by atoms with van der Waals surface area (Å²) in [5.74, 6) is -0.773. The molecule has 0 radical (unpaired) electrons. The highest BCUT2D eigenvalue weighted by Gasteiger charge is 2.28. The van der Waals surface area contributed by atoms with Gasteiger partial charge in [-0.15, -0.1) is 0 Å². The SMILES string of the molecule is CCc1ccc(NC2=N[C@H](CC(=O)Nc3ccc(F)cc3)C(=O)N2)cc1. The van der Waals surface area contributed by atoms with E-state index in [2.05, 4.69) is 27.9 Å². The molecule has 0 spiro atoms. The second-order valence-corrected chi connectivity index (χ2v) is 5.92. The fourth-order valence-corrected chi connectivity index (χ4v) is 2.53. The van der Waals surface area contributed by atoms with E-state index in [1.807, 2.05) is 24.3 Å². The van der Waals surface area contributed by atoms with Crippen LogP contribution in [-0.4, -0.2) is 23.8 Å². The average molecular weight is 354 g/mol. The van der Waals surface area contributed by atoms with E-state index in [1.54, 1.807) is 0 Å². The third-order valence-corrected chi connectivity index (χ3v) is 3.96. The van der Waals surface area contributed by atoms with Crippen molar-refractivity contribution in [3.8, 4) is 0 Å². The zero-order valence-corrected chi connectivity index (χ0v) is 14.3. The van der Waals surface area contributed by atoms with Gasteiger partial charge in [0.25, 0.3) is 5.91 Å². The molecular formula is C19H19FN4O2. The van der Waals surface area contributed by atoms with E-state index in [0.717, 1.165) is 12.1 Å². The van der Waals surface area contributed by atoms with Crippen molar-refractivity contribution in [2.75, 3.05) is 10.6 Å². The minimum atomic E-state index is -0.798. The molecule has 2 aromatic carbocycles. The molecule has 0 unspecified atom stereocenters. The molecule has 7 heteroatoms. The van der Waals surface area contributed by atoms with Gasteiger partial charge in [-0.2, -0.15) is 0 Å². The molecule has 0 fully saturated rings. The van der Waals surface area contributed by atoms with Gasteiger partial charge in [0, 0.05) is 11.4 Å². The van der Waals surface area contributed by atoms with Crippen LogP contribution in [0.3, 0.4) is 0 Å². The van der Waals surface area contributed by atoms with Crippen molar-refractivity contribution >= 4 is 29.1 Å². The van der Waals surface area contributed by atoms with Gasteiger partial charge < -0.3 is 10.6 Å². The molecular weight excluding hydrogens is 335 g/mol. The third-order valence-electron chi connectivity index (χ3n) is 3.96. The van der Waals surface area contributed by atoms with Gasteiger partial charge in [-0.1, -0.05) is 19.1 Å². The van der Waals surface area contributed by atoms with Crippen LogP contribution >= 0.6 is 0 Å². The van der Waals surface area contributed by atoms with E-state index in [1.165, 1.54) is 29.8 Å². The number of carbonyl (C=O) groups excluding carboxylic acids is 2. The molecule has 3 rings (SSSR count). The number of guanidine groups is 1. The van der Waals surface area contributed by atoms with Crippen molar-refractivity contribution in [2.24, 2.45) is 4.99 Å². The number of nitrogens with zero attached hydrogens (tertiary/aromatic N) is 1. The van der Waals surface area contributed by atoms with Gasteiger partial charge >= 0.3 is 0 Å². The Morgan fingerprint density at radius 3 is 2.42 bits per heavy atom. The molecule has 1 aliphatic heterocycles. The molecule has 1 atom stereocenters. The molecule has 2 amide bonds. The number of hydrogen-bond donors (Lipinski definition) is 3. The number of anilines is 2. The smallest absolute Gasteiger partial charge is 0.252 e. The van der Waals surface area contributed by atoms with Gasteiger partial charge in [-0.3, -0.25) is 14.9 Å². The topological polar surface area (TPSA) is 82.6 Å². The molecule has 0 saturated heterocycles. The lowest BCUT2D eigenvalue weighted by atomic mass is 10.1. The third kappa shape index (κ3) is 4.44. The molecule has 2 aromatic rings. The summed E-state index contributed by atoms with van der Waals surface area (Å²) in [6, 6.07) is 12.4. The zero-order chi connectivity index (χ0) is 18.5. The summed E-state index contributed by atoms with van der Waals surface area (Å²) in [5.41, 5.74) is 2.48. The normalized spacial score (nSPS) is 16.0. The molecule has 26 heavy (non-hydrogen) atoms. The molecule has 6 nitrogen and oxygen atoms in total. The van der Waals surface area contributed by atoms with Crippen LogP contribution in [0.25, 0.3) is 0 Å². The standard InChI is InChI=1S/C19H19FN4O2/c1-2-12-3-7-15(8-4-12)22-19-23-16(18(26)24-19)11-17(25)21-14-9-5-13(20)6-10-14/h3-10,16H,2,11H2,1H3,(H,21,25)(H2,22,23,24,26)/t16-/m1/s1. The molecule has 134 valence electrons. The van der Waals surface area contributed by atoms with Crippen LogP contribution in [0.5, 0.6) is 0 Å². The van der Waals surface area contributed by atoms with Crippen molar-refractivity contribution in [2.45, 2.75) is 25.8 Å². The van der Waals surface area contributed by atoms with Crippen molar-refractivity contribution in [1.29, 1.82) is 0 Å². The second-order valence-electron chi connectivity index (χ2n) is 5.92. The first-order chi connectivity index (χ1) is 12.5. The number of nitrogens with one attached hydrogen (secondary N) is 3. The van der Waals surface area contributed by atoms with Gasteiger partial charge in [-0.05, 0) is 48.4 Å². The van der Waals surface area contributed by atoms with Crippen LogP contribution in [0.15, 0.2) is 53.5 Å². The number of aliphatic imine (C=N–C) groups is 1. The lowest BCUT2D eigenvalue weighted by molar-refractivity contribution is -0.123. The number of aryl methyl sites for hydroxylation is 1. The lowest BCUT2D eigenvalue weighted by Gasteiger charge is -2.06. The van der Waals surface area contributed by atoms with Crippen LogP contribution in [0.2, 0.25) is 0 Å². The van der Waals surface area contributed by atoms with Crippen molar-refractivity contribution in [3.63, 3.8) is 0 Å². The van der Waals surface area contributed by atoms with Crippen LogP contribution in [0, 0.1) is 5.82 Å². The summed E-state index contributed by atoms with van der Waals surface area (Å²) in [7, 11) is 0. The first-order valence-electron chi connectivity index (χ1n) is 8.33. The maximum absolute atomic E-state index is 12.9. The van der Waals surface area contributed by atoms with Gasteiger partial charge in [0.2, 0.25) is 11.9 Å². The zero-order valence-electron chi connectivity index (χ0n) is 14.3. The fraction of sp³-hybridized carbons (Fsp3) is 0.211. The number of halogens is 1. The first kappa shape index (κ1) is 17.6. The van der Waals surface area contributed by atoms with Crippen molar-refractivity contribution in [1.82, 2.24) is 5.32 Å². The predicted octanol–water partition coefficient (Wildman–Crippen LogP) is 2.68. The lowest BCUT2D eigenvalue weighted by Crippen LogP contribution is -2.33. The summed E-state index contributed by atoms with van der Waals surface area (Å²) < 4.78 is 12.9. The highest BCUT2D eigenvalue weighted by Crippen LogP contribution is 2.14. The summed E-state index contributed by atoms with van der Waals surface area (Å²) in [6.45, 7) is 2.07. The Labute approximate surface area is 150 Å². The van der Waals surface area contributed by atoms with Crippen LogP contribution in [0.4, 0.5) is 15.8 Å². The summed E-state index contributed by atoms with van der Waals surface area (Å²) >= 11 is 0. The minimum Gasteiger partial charge on any atom is -0.326 e. The molecule has 3 N–H and O–H groups in total. The quantitative estimate of drug-likeness (QED) is 0.772. The van der Waals surface area contributed by atoms with Crippen LogP contribution in [0.1, 0.15) is 18.9 Å². The number of hydrogen-bond acceptors (Lipinski definition) is 4. The maximum Gasteiger partial charge on any atom is 0.252 e. The summed E-state index contributed by atoms with van der Waals surface area (Å²) in [6.07, 6.45) is 0.854. The van der Waals surface area contributed by atoms with Gasteiger partial charge in [0.15, 0.2) is 0 Å². The Hall–Kier alpha value is -3.22. The fourth-order valence-electron chi connectivity index (χ4n) is 2.53. The van der Waals surface area contributed by atoms with E-state index < -0.39 is 6.04 Å². The number of amides is 2. The highest BCUT2D eigenvalue weighted by atomic mass is 19.1. The molecule has 0 bridgehead atoms. The summed E-state index contributed by atoms with van der Waals surface area (Å²) in [5, 5.41) is 8.27. The van der Waals surface area contributed by atoms with E-state index >= 15 is 0 Å². The Morgan fingerprint density at radius 2 is 1.77 bits per heavy atom. The monoisotopic (exact) mass is 354 g/mol. The molecule has 1 heterocycles. The van der Waals surface area contributed by atoms with Gasteiger partial charge in [0.05, 0.1) is 6.42 Å². The second kappa shape index (κ2) is 7.77. The van der Waals surface area contributed by atoms with Crippen molar-refractivity contribution in [3.05, 3.63) is 59.9 Å². The molecule has 1 aliphatic rings. The molecule has 0 aromatic heterocycles. The Morgan fingerprint density at radius 1 is 1.12 bits per heavy atom.